The lowest BCUT2D eigenvalue weighted by Gasteiger charge is -2.41. The number of terminal acetylenes is 1. The Hall–Kier alpha value is -0.740. The Kier molecular flexibility index (Phi) is 3.13. The van der Waals surface area contributed by atoms with Crippen molar-refractivity contribution >= 4 is 0 Å². The summed E-state index contributed by atoms with van der Waals surface area (Å²) in [6.45, 7) is 4.68. The molecule has 2 unspecified atom stereocenters. The largest absolute Gasteiger partial charge is 0.380 e. The van der Waals surface area contributed by atoms with Crippen molar-refractivity contribution in [1.29, 1.82) is 0 Å². The average Bonchev–Trinajstić information content (AvgIpc) is 2.27. The Bertz CT molecular complexity index is 343. The van der Waals surface area contributed by atoms with Crippen LogP contribution in [0.25, 0.3) is 0 Å². The van der Waals surface area contributed by atoms with E-state index in [-0.39, 0.29) is 0 Å². The summed E-state index contributed by atoms with van der Waals surface area (Å²) in [5.74, 6) is 2.78. The third-order valence-corrected chi connectivity index (χ3v) is 4.42. The molecule has 0 heterocycles. The van der Waals surface area contributed by atoms with Gasteiger partial charge in [0, 0.05) is 5.92 Å². The molecule has 2 aliphatic carbocycles. The van der Waals surface area contributed by atoms with Crippen LogP contribution in [-0.2, 0) is 0 Å². The second kappa shape index (κ2) is 4.26. The van der Waals surface area contributed by atoms with Crippen LogP contribution in [0.2, 0.25) is 0 Å². The van der Waals surface area contributed by atoms with Crippen molar-refractivity contribution in [3.8, 4) is 12.3 Å². The smallest absolute Gasteiger partial charge is 0.117 e. The fourth-order valence-electron chi connectivity index (χ4n) is 3.35. The second-order valence-corrected chi connectivity index (χ2v) is 5.93. The molecular formula is C15H22O. The molecule has 0 bridgehead atoms. The van der Waals surface area contributed by atoms with Gasteiger partial charge < -0.3 is 5.11 Å². The number of aliphatic hydroxyl groups is 1. The number of hydrogen-bond donors (Lipinski definition) is 1. The summed E-state index contributed by atoms with van der Waals surface area (Å²) in [5, 5.41) is 9.78. The molecule has 0 spiro atoms. The summed E-state index contributed by atoms with van der Waals surface area (Å²) in [6, 6.07) is 0. The molecular weight excluding hydrogens is 196 g/mol. The molecule has 0 aliphatic heterocycles. The first-order valence-corrected chi connectivity index (χ1v) is 6.40. The molecule has 2 aliphatic rings. The normalized spacial score (nSPS) is 30.5. The van der Waals surface area contributed by atoms with Crippen LogP contribution in [0.15, 0.2) is 11.1 Å². The van der Waals surface area contributed by atoms with E-state index < -0.39 is 6.10 Å². The Labute approximate surface area is 98.9 Å². The minimum Gasteiger partial charge on any atom is -0.380 e. The van der Waals surface area contributed by atoms with Gasteiger partial charge in [-0.1, -0.05) is 30.9 Å². The van der Waals surface area contributed by atoms with Crippen molar-refractivity contribution in [3.63, 3.8) is 0 Å². The third kappa shape index (κ3) is 2.04. The Morgan fingerprint density at radius 3 is 2.88 bits per heavy atom. The van der Waals surface area contributed by atoms with Gasteiger partial charge in [-0.25, -0.2) is 0 Å². The van der Waals surface area contributed by atoms with Crippen molar-refractivity contribution < 1.29 is 5.11 Å². The van der Waals surface area contributed by atoms with Gasteiger partial charge in [0.25, 0.3) is 0 Å². The summed E-state index contributed by atoms with van der Waals surface area (Å²) in [5.41, 5.74) is 3.60. The molecule has 2 atom stereocenters. The van der Waals surface area contributed by atoms with Gasteiger partial charge in [-0.2, -0.15) is 0 Å². The van der Waals surface area contributed by atoms with Crippen molar-refractivity contribution in [3.05, 3.63) is 11.1 Å². The SMILES string of the molecule is C#CC(O)C1CCC2=C(C1)C(C)(C)CCC2. The summed E-state index contributed by atoms with van der Waals surface area (Å²) >= 11 is 0. The van der Waals surface area contributed by atoms with E-state index >= 15 is 0 Å². The van der Waals surface area contributed by atoms with Crippen LogP contribution in [0.4, 0.5) is 0 Å². The molecule has 0 aromatic rings. The zero-order valence-electron chi connectivity index (χ0n) is 10.4. The molecule has 0 radical (unpaired) electrons. The summed E-state index contributed by atoms with van der Waals surface area (Å²) in [6.07, 6.45) is 11.9. The maximum Gasteiger partial charge on any atom is 0.117 e. The summed E-state index contributed by atoms with van der Waals surface area (Å²) in [4.78, 5) is 0. The molecule has 16 heavy (non-hydrogen) atoms. The maximum atomic E-state index is 9.78. The molecule has 0 aromatic carbocycles. The minimum atomic E-state index is -0.549. The molecule has 88 valence electrons. The van der Waals surface area contributed by atoms with E-state index in [0.717, 1.165) is 19.3 Å². The van der Waals surface area contributed by atoms with Gasteiger partial charge in [0.15, 0.2) is 0 Å². The quantitative estimate of drug-likeness (QED) is 0.529. The fourth-order valence-corrected chi connectivity index (χ4v) is 3.35. The van der Waals surface area contributed by atoms with Crippen LogP contribution in [-0.4, -0.2) is 11.2 Å². The van der Waals surface area contributed by atoms with Crippen molar-refractivity contribution in [1.82, 2.24) is 0 Å². The highest BCUT2D eigenvalue weighted by molar-refractivity contribution is 5.27. The number of hydrogen-bond acceptors (Lipinski definition) is 1. The minimum absolute atomic E-state index is 0.293. The van der Waals surface area contributed by atoms with E-state index in [4.69, 9.17) is 6.42 Å². The van der Waals surface area contributed by atoms with Gasteiger partial charge in [-0.05, 0) is 43.9 Å². The molecule has 0 saturated heterocycles. The van der Waals surface area contributed by atoms with Crippen molar-refractivity contribution in [2.45, 2.75) is 58.5 Å². The molecule has 2 rings (SSSR count). The number of allylic oxidation sites excluding steroid dienone is 2. The van der Waals surface area contributed by atoms with Crippen LogP contribution in [0.5, 0.6) is 0 Å². The molecule has 1 heteroatoms. The molecule has 1 N–H and O–H groups in total. The first-order valence-electron chi connectivity index (χ1n) is 6.40. The lowest BCUT2D eigenvalue weighted by Crippen LogP contribution is -2.30. The van der Waals surface area contributed by atoms with Gasteiger partial charge in [0.1, 0.15) is 6.10 Å². The standard InChI is InChI=1S/C15H22O/c1-4-14(16)12-8-7-11-6-5-9-15(2,3)13(11)10-12/h1,12,14,16H,5-10H2,2-3H3. The monoisotopic (exact) mass is 218 g/mol. The Balaban J connectivity index is 2.20. The van der Waals surface area contributed by atoms with E-state index in [1.165, 1.54) is 19.3 Å². The highest BCUT2D eigenvalue weighted by atomic mass is 16.3. The zero-order valence-corrected chi connectivity index (χ0v) is 10.4. The van der Waals surface area contributed by atoms with E-state index in [9.17, 15) is 5.11 Å². The van der Waals surface area contributed by atoms with E-state index in [1.54, 1.807) is 11.1 Å². The van der Waals surface area contributed by atoms with E-state index in [2.05, 4.69) is 19.8 Å². The number of rotatable bonds is 1. The van der Waals surface area contributed by atoms with Crippen LogP contribution < -0.4 is 0 Å². The van der Waals surface area contributed by atoms with Gasteiger partial charge >= 0.3 is 0 Å². The van der Waals surface area contributed by atoms with Crippen molar-refractivity contribution in [2.75, 3.05) is 0 Å². The van der Waals surface area contributed by atoms with Crippen LogP contribution >= 0.6 is 0 Å². The van der Waals surface area contributed by atoms with Crippen LogP contribution in [0.1, 0.15) is 52.4 Å². The number of aliphatic hydroxyl groups excluding tert-OH is 1. The maximum absolute atomic E-state index is 9.78. The van der Waals surface area contributed by atoms with Crippen LogP contribution in [0, 0.1) is 23.7 Å². The highest BCUT2D eigenvalue weighted by Gasteiger charge is 2.35. The van der Waals surface area contributed by atoms with Gasteiger partial charge in [-0.15, -0.1) is 6.42 Å². The van der Waals surface area contributed by atoms with E-state index in [1.807, 2.05) is 0 Å². The molecule has 1 nitrogen and oxygen atoms in total. The van der Waals surface area contributed by atoms with Gasteiger partial charge in [-0.3, -0.25) is 0 Å². The van der Waals surface area contributed by atoms with E-state index in [0.29, 0.717) is 11.3 Å². The van der Waals surface area contributed by atoms with Gasteiger partial charge in [0.2, 0.25) is 0 Å². The topological polar surface area (TPSA) is 20.2 Å². The Morgan fingerprint density at radius 2 is 2.19 bits per heavy atom. The lowest BCUT2D eigenvalue weighted by atomic mass is 9.65. The summed E-state index contributed by atoms with van der Waals surface area (Å²) < 4.78 is 0. The Morgan fingerprint density at radius 1 is 1.44 bits per heavy atom. The van der Waals surface area contributed by atoms with Gasteiger partial charge in [0.05, 0.1) is 0 Å². The molecule has 0 fully saturated rings. The highest BCUT2D eigenvalue weighted by Crippen LogP contribution is 2.48. The first kappa shape index (κ1) is 11.7. The third-order valence-electron chi connectivity index (χ3n) is 4.42. The zero-order chi connectivity index (χ0) is 11.8. The van der Waals surface area contributed by atoms with Crippen LogP contribution in [0.3, 0.4) is 0 Å². The lowest BCUT2D eigenvalue weighted by molar-refractivity contribution is 0.141. The molecule has 0 aromatic heterocycles. The molecule has 0 amide bonds. The predicted octanol–water partition coefficient (Wildman–Crippen LogP) is 3.29. The second-order valence-electron chi connectivity index (χ2n) is 5.93. The van der Waals surface area contributed by atoms with Crippen molar-refractivity contribution in [2.24, 2.45) is 11.3 Å². The average molecular weight is 218 g/mol. The molecule has 0 saturated carbocycles. The first-order chi connectivity index (χ1) is 7.54. The summed E-state index contributed by atoms with van der Waals surface area (Å²) in [7, 11) is 0. The fraction of sp³-hybridized carbons (Fsp3) is 0.733. The predicted molar refractivity (Wildman–Crippen MR) is 66.8 cm³/mol.